The number of nitrogens with zero attached hydrogens (tertiary/aromatic N) is 6. The van der Waals surface area contributed by atoms with E-state index < -0.39 is 0 Å². The van der Waals surface area contributed by atoms with Gasteiger partial charge in [0, 0.05) is 11.7 Å². The summed E-state index contributed by atoms with van der Waals surface area (Å²) in [6.07, 6.45) is 9.53. The zero-order valence-electron chi connectivity index (χ0n) is 15.0. The van der Waals surface area contributed by atoms with Crippen LogP contribution >= 0.6 is 0 Å². The largest absolute Gasteiger partial charge is 0.421 e. The Balaban J connectivity index is 2.20. The summed E-state index contributed by atoms with van der Waals surface area (Å²) in [5.41, 5.74) is 18.0. The van der Waals surface area contributed by atoms with Crippen molar-refractivity contribution in [2.45, 2.75) is 52.2 Å². The molecule has 0 aliphatic rings. The van der Waals surface area contributed by atoms with Crippen molar-refractivity contribution in [1.29, 1.82) is 0 Å². The van der Waals surface area contributed by atoms with Crippen LogP contribution in [-0.4, -0.2) is 27.4 Å². The van der Waals surface area contributed by atoms with Crippen molar-refractivity contribution in [2.75, 3.05) is 18.8 Å². The fraction of sp³-hybridized carbons (Fsp3) is 0.625. The van der Waals surface area contributed by atoms with Gasteiger partial charge in [-0.25, -0.2) is 13.8 Å². The topological polar surface area (TPSA) is 129 Å². The second-order valence-corrected chi connectivity index (χ2v) is 5.96. The van der Waals surface area contributed by atoms with Crippen LogP contribution in [0.25, 0.3) is 0 Å². The van der Waals surface area contributed by atoms with E-state index in [4.69, 9.17) is 17.2 Å². The lowest BCUT2D eigenvalue weighted by atomic mass is 10.3. The summed E-state index contributed by atoms with van der Waals surface area (Å²) >= 11 is 0. The monoisotopic (exact) mass is 348 g/mol. The second kappa shape index (κ2) is 9.90. The van der Waals surface area contributed by atoms with Crippen LogP contribution in [0.2, 0.25) is 0 Å². The number of hydrogen-bond acceptors (Lipinski definition) is 6. The molecule has 9 nitrogen and oxygen atoms in total. The summed E-state index contributed by atoms with van der Waals surface area (Å²) < 4.78 is 5.86. The SMILES string of the molecule is CCCCn1ncc(N=Nc2n(CCCN)cc[n+]2CCCN)c1N. The van der Waals surface area contributed by atoms with Gasteiger partial charge in [-0.15, -0.1) is 0 Å². The molecule has 9 heteroatoms. The van der Waals surface area contributed by atoms with Crippen LogP contribution in [0, 0.1) is 0 Å². The van der Waals surface area contributed by atoms with E-state index >= 15 is 0 Å². The van der Waals surface area contributed by atoms with Gasteiger partial charge in [0.15, 0.2) is 11.5 Å². The highest BCUT2D eigenvalue weighted by Crippen LogP contribution is 2.23. The molecule has 0 saturated heterocycles. The highest BCUT2D eigenvalue weighted by molar-refractivity contribution is 5.56. The average molecular weight is 348 g/mol. The maximum absolute atomic E-state index is 6.12. The molecule has 0 radical (unpaired) electrons. The number of nitrogens with two attached hydrogens (primary N) is 3. The normalized spacial score (nSPS) is 11.6. The van der Waals surface area contributed by atoms with Gasteiger partial charge in [0.25, 0.3) is 0 Å². The summed E-state index contributed by atoms with van der Waals surface area (Å²) in [6, 6.07) is 0. The smallest absolute Gasteiger partial charge is 0.382 e. The van der Waals surface area contributed by atoms with Crippen LogP contribution < -0.4 is 21.8 Å². The average Bonchev–Trinajstić information content (AvgIpc) is 3.17. The third-order valence-corrected chi connectivity index (χ3v) is 3.98. The van der Waals surface area contributed by atoms with E-state index in [-0.39, 0.29) is 0 Å². The van der Waals surface area contributed by atoms with Gasteiger partial charge in [-0.2, -0.15) is 5.10 Å². The van der Waals surface area contributed by atoms with Gasteiger partial charge in [-0.3, -0.25) is 0 Å². The summed E-state index contributed by atoms with van der Waals surface area (Å²) in [5.74, 6) is 1.31. The molecule has 0 fully saturated rings. The van der Waals surface area contributed by atoms with Crippen LogP contribution in [0.5, 0.6) is 0 Å². The van der Waals surface area contributed by atoms with Crippen molar-refractivity contribution in [3.8, 4) is 0 Å². The molecule has 2 heterocycles. The van der Waals surface area contributed by atoms with E-state index in [0.29, 0.717) is 24.6 Å². The third-order valence-electron chi connectivity index (χ3n) is 3.98. The maximum Gasteiger partial charge on any atom is 0.421 e. The molecule has 0 aliphatic heterocycles. The van der Waals surface area contributed by atoms with Gasteiger partial charge >= 0.3 is 5.95 Å². The first-order chi connectivity index (χ1) is 12.2. The molecule has 0 aromatic carbocycles. The molecule has 2 aromatic heterocycles. The number of unbranched alkanes of at least 4 members (excludes halogenated alkanes) is 1. The van der Waals surface area contributed by atoms with E-state index in [1.807, 2.05) is 21.5 Å². The number of anilines is 1. The van der Waals surface area contributed by atoms with E-state index in [9.17, 15) is 0 Å². The fourth-order valence-electron chi connectivity index (χ4n) is 2.49. The predicted molar refractivity (Wildman–Crippen MR) is 97.7 cm³/mol. The molecule has 0 unspecified atom stereocenters. The van der Waals surface area contributed by atoms with Crippen molar-refractivity contribution in [3.63, 3.8) is 0 Å². The Morgan fingerprint density at radius 3 is 2.64 bits per heavy atom. The van der Waals surface area contributed by atoms with E-state index in [2.05, 4.69) is 22.3 Å². The summed E-state index contributed by atoms with van der Waals surface area (Å²) in [5, 5.41) is 13.0. The highest BCUT2D eigenvalue weighted by Gasteiger charge is 2.17. The van der Waals surface area contributed by atoms with Crippen molar-refractivity contribution in [3.05, 3.63) is 18.6 Å². The van der Waals surface area contributed by atoms with Crippen LogP contribution in [-0.2, 0) is 19.6 Å². The van der Waals surface area contributed by atoms with E-state index in [0.717, 1.165) is 51.3 Å². The summed E-state index contributed by atoms with van der Waals surface area (Å²) in [6.45, 7) is 5.79. The van der Waals surface area contributed by atoms with Crippen molar-refractivity contribution >= 4 is 17.5 Å². The predicted octanol–water partition coefficient (Wildman–Crippen LogP) is 1.47. The lowest BCUT2D eigenvalue weighted by Crippen LogP contribution is -2.33. The first-order valence-electron chi connectivity index (χ1n) is 8.93. The van der Waals surface area contributed by atoms with E-state index in [1.165, 1.54) is 0 Å². The van der Waals surface area contributed by atoms with E-state index in [1.54, 1.807) is 10.9 Å². The minimum atomic E-state index is 0.547. The van der Waals surface area contributed by atoms with Crippen LogP contribution in [0.15, 0.2) is 28.8 Å². The summed E-state index contributed by atoms with van der Waals surface area (Å²) in [4.78, 5) is 0. The number of imidazole rings is 1. The molecule has 25 heavy (non-hydrogen) atoms. The van der Waals surface area contributed by atoms with Gasteiger partial charge in [0.1, 0.15) is 0 Å². The molecular formula is C16H30N9+. The number of aryl methyl sites for hydroxylation is 3. The molecule has 2 rings (SSSR count). The van der Waals surface area contributed by atoms with Gasteiger partial charge < -0.3 is 17.2 Å². The minimum absolute atomic E-state index is 0.547. The van der Waals surface area contributed by atoms with Gasteiger partial charge in [0.2, 0.25) is 0 Å². The van der Waals surface area contributed by atoms with Crippen LogP contribution in [0.3, 0.4) is 0 Å². The number of rotatable bonds is 11. The standard InChI is InChI=1S/C16H29N9/c1-2-3-10-25-15(19)14(13-20-25)21-22-16-23(8-4-6-17)11-12-24(16)9-5-7-18/h11-13,19H,2-10,17-18H2,1H3/p+1. The third kappa shape index (κ3) is 5.10. The Kier molecular flexibility index (Phi) is 7.55. The first-order valence-corrected chi connectivity index (χ1v) is 8.93. The number of aromatic nitrogens is 4. The quantitative estimate of drug-likeness (QED) is 0.419. The lowest BCUT2D eigenvalue weighted by Gasteiger charge is -2.01. The number of azo groups is 1. The van der Waals surface area contributed by atoms with Crippen LogP contribution in [0.1, 0.15) is 32.6 Å². The molecule has 0 amide bonds. The second-order valence-electron chi connectivity index (χ2n) is 5.96. The number of nitrogen functional groups attached to an aromatic ring is 1. The zero-order valence-corrected chi connectivity index (χ0v) is 15.0. The van der Waals surface area contributed by atoms with Crippen molar-refractivity contribution in [1.82, 2.24) is 14.3 Å². The molecule has 0 atom stereocenters. The molecule has 0 bridgehead atoms. The molecule has 6 N–H and O–H groups in total. The molecular weight excluding hydrogens is 318 g/mol. The molecule has 2 aromatic rings. The first kappa shape index (κ1) is 19.1. The van der Waals surface area contributed by atoms with Crippen molar-refractivity contribution in [2.24, 2.45) is 21.7 Å². The van der Waals surface area contributed by atoms with Gasteiger partial charge in [0.05, 0.1) is 31.7 Å². The van der Waals surface area contributed by atoms with Gasteiger partial charge in [-0.05, 0) is 32.4 Å². The van der Waals surface area contributed by atoms with Crippen LogP contribution in [0.4, 0.5) is 17.5 Å². The highest BCUT2D eigenvalue weighted by atomic mass is 15.3. The Hall–Kier alpha value is -2.26. The van der Waals surface area contributed by atoms with Gasteiger partial charge in [-0.1, -0.05) is 18.5 Å². The Bertz CT molecular complexity index is 646. The Labute approximate surface area is 148 Å². The molecule has 138 valence electrons. The fourth-order valence-corrected chi connectivity index (χ4v) is 2.49. The Morgan fingerprint density at radius 2 is 1.92 bits per heavy atom. The molecule has 0 saturated carbocycles. The van der Waals surface area contributed by atoms with Crippen molar-refractivity contribution < 1.29 is 4.57 Å². The minimum Gasteiger partial charge on any atom is -0.382 e. The Morgan fingerprint density at radius 1 is 1.12 bits per heavy atom. The molecule has 0 aliphatic carbocycles. The number of hydrogen-bond donors (Lipinski definition) is 3. The maximum atomic E-state index is 6.12. The summed E-state index contributed by atoms with van der Waals surface area (Å²) in [7, 11) is 0. The lowest BCUT2D eigenvalue weighted by molar-refractivity contribution is -0.683. The zero-order chi connectivity index (χ0) is 18.1. The molecule has 0 spiro atoms.